The second kappa shape index (κ2) is 7.70. The minimum absolute atomic E-state index is 0.146. The number of nitrogens with zero attached hydrogens (tertiary/aromatic N) is 2. The average Bonchev–Trinajstić information content (AvgIpc) is 3.00. The summed E-state index contributed by atoms with van der Waals surface area (Å²) >= 11 is 13.8. The van der Waals surface area contributed by atoms with E-state index >= 15 is 0 Å². The van der Waals surface area contributed by atoms with Crippen LogP contribution in [0.4, 0.5) is 5.69 Å². The molecule has 7 heteroatoms. The quantitative estimate of drug-likeness (QED) is 0.658. The van der Waals surface area contributed by atoms with E-state index < -0.39 is 0 Å². The van der Waals surface area contributed by atoms with E-state index in [0.717, 1.165) is 15.2 Å². The molecule has 0 aliphatic rings. The minimum Gasteiger partial charge on any atom is -0.323 e. The molecule has 3 rings (SSSR count). The average molecular weight is 394 g/mol. The molecule has 1 heterocycles. The van der Waals surface area contributed by atoms with Gasteiger partial charge in [0, 0.05) is 0 Å². The lowest BCUT2D eigenvalue weighted by Gasteiger charge is -2.23. The van der Waals surface area contributed by atoms with Crippen LogP contribution in [-0.4, -0.2) is 28.9 Å². The Morgan fingerprint density at radius 1 is 1.24 bits per heavy atom. The SMILES string of the molecule is CC(C(=O)Nc1cccc(Cl)c1Cl)N(C)Cc1nc2ccccc2s1. The summed E-state index contributed by atoms with van der Waals surface area (Å²) in [5.41, 5.74) is 1.50. The highest BCUT2D eigenvalue weighted by atomic mass is 35.5. The number of hydrogen-bond acceptors (Lipinski definition) is 4. The van der Waals surface area contributed by atoms with Gasteiger partial charge in [0.05, 0.1) is 38.5 Å². The van der Waals surface area contributed by atoms with Gasteiger partial charge in [-0.15, -0.1) is 11.3 Å². The number of halogens is 2. The molecule has 2 aromatic carbocycles. The molecular weight excluding hydrogens is 377 g/mol. The van der Waals surface area contributed by atoms with Gasteiger partial charge in [-0.1, -0.05) is 41.4 Å². The number of nitrogens with one attached hydrogen (secondary N) is 1. The molecule has 0 spiro atoms. The molecule has 0 saturated carbocycles. The predicted octanol–water partition coefficient (Wildman–Crippen LogP) is 5.06. The maximum Gasteiger partial charge on any atom is 0.241 e. The molecule has 0 fully saturated rings. The lowest BCUT2D eigenvalue weighted by molar-refractivity contribution is -0.120. The highest BCUT2D eigenvalue weighted by molar-refractivity contribution is 7.18. The number of aromatic nitrogens is 1. The van der Waals surface area contributed by atoms with Gasteiger partial charge >= 0.3 is 0 Å². The van der Waals surface area contributed by atoms with Crippen LogP contribution in [0.5, 0.6) is 0 Å². The van der Waals surface area contributed by atoms with Crippen molar-refractivity contribution in [2.24, 2.45) is 0 Å². The van der Waals surface area contributed by atoms with E-state index in [1.54, 1.807) is 29.5 Å². The van der Waals surface area contributed by atoms with Gasteiger partial charge in [-0.3, -0.25) is 9.69 Å². The fraction of sp³-hybridized carbons (Fsp3) is 0.222. The number of fused-ring (bicyclic) bond motifs is 1. The maximum atomic E-state index is 12.5. The van der Waals surface area contributed by atoms with Crippen molar-refractivity contribution in [3.8, 4) is 0 Å². The Balaban J connectivity index is 1.67. The van der Waals surface area contributed by atoms with Crippen molar-refractivity contribution in [3.05, 3.63) is 57.5 Å². The Morgan fingerprint density at radius 2 is 2.00 bits per heavy atom. The fourth-order valence-corrected chi connectivity index (χ4v) is 3.75. The topological polar surface area (TPSA) is 45.2 Å². The van der Waals surface area contributed by atoms with Gasteiger partial charge in [-0.25, -0.2) is 4.98 Å². The standard InChI is InChI=1S/C18H17Cl2N3OS/c1-11(18(24)22-14-8-5-6-12(19)17(14)20)23(2)10-16-21-13-7-3-4-9-15(13)25-16/h3-9,11H,10H2,1-2H3,(H,22,24). The summed E-state index contributed by atoms with van der Waals surface area (Å²) in [5.74, 6) is -0.146. The molecule has 25 heavy (non-hydrogen) atoms. The van der Waals surface area contributed by atoms with E-state index in [9.17, 15) is 4.79 Å². The number of para-hydroxylation sites is 1. The first-order chi connectivity index (χ1) is 12.0. The molecular formula is C18H17Cl2N3OS. The highest BCUT2D eigenvalue weighted by Crippen LogP contribution is 2.30. The van der Waals surface area contributed by atoms with Crippen LogP contribution in [0.25, 0.3) is 10.2 Å². The van der Waals surface area contributed by atoms with Crippen molar-refractivity contribution < 1.29 is 4.79 Å². The number of carbonyl (C=O) groups excluding carboxylic acids is 1. The number of benzene rings is 2. The van der Waals surface area contributed by atoms with Crippen LogP contribution in [0.15, 0.2) is 42.5 Å². The van der Waals surface area contributed by atoms with Crippen molar-refractivity contribution in [1.29, 1.82) is 0 Å². The molecule has 1 amide bonds. The number of carbonyl (C=O) groups is 1. The number of amides is 1. The van der Waals surface area contributed by atoms with Crippen molar-refractivity contribution in [1.82, 2.24) is 9.88 Å². The van der Waals surface area contributed by atoms with Gasteiger partial charge in [0.25, 0.3) is 0 Å². The molecule has 0 saturated heterocycles. The number of anilines is 1. The van der Waals surface area contributed by atoms with Crippen LogP contribution < -0.4 is 5.32 Å². The summed E-state index contributed by atoms with van der Waals surface area (Å²) < 4.78 is 1.15. The Kier molecular flexibility index (Phi) is 5.59. The summed E-state index contributed by atoms with van der Waals surface area (Å²) in [6.45, 7) is 2.44. The van der Waals surface area contributed by atoms with Crippen LogP contribution in [0.1, 0.15) is 11.9 Å². The zero-order valence-corrected chi connectivity index (χ0v) is 16.1. The Hall–Kier alpha value is -1.66. The molecule has 1 atom stereocenters. The second-order valence-electron chi connectivity index (χ2n) is 5.76. The lowest BCUT2D eigenvalue weighted by Crippen LogP contribution is -2.39. The van der Waals surface area contributed by atoms with E-state index in [1.165, 1.54) is 0 Å². The van der Waals surface area contributed by atoms with Gasteiger partial charge in [0.15, 0.2) is 0 Å². The van der Waals surface area contributed by atoms with E-state index in [1.807, 2.05) is 43.1 Å². The van der Waals surface area contributed by atoms with Gasteiger partial charge in [-0.2, -0.15) is 0 Å². The van der Waals surface area contributed by atoms with E-state index in [4.69, 9.17) is 23.2 Å². The van der Waals surface area contributed by atoms with Gasteiger partial charge in [0.2, 0.25) is 5.91 Å². The van der Waals surface area contributed by atoms with Crippen LogP contribution >= 0.6 is 34.5 Å². The smallest absolute Gasteiger partial charge is 0.241 e. The summed E-state index contributed by atoms with van der Waals surface area (Å²) in [5, 5.41) is 4.56. The first-order valence-electron chi connectivity index (χ1n) is 7.75. The van der Waals surface area contributed by atoms with Crippen molar-refractivity contribution in [3.63, 3.8) is 0 Å². The van der Waals surface area contributed by atoms with Crippen LogP contribution in [0, 0.1) is 0 Å². The number of rotatable bonds is 5. The molecule has 0 aliphatic heterocycles. The number of hydrogen-bond donors (Lipinski definition) is 1. The summed E-state index contributed by atoms with van der Waals surface area (Å²) in [6.07, 6.45) is 0. The molecule has 0 aliphatic carbocycles. The third-order valence-corrected chi connectivity index (χ3v) is 5.81. The molecule has 1 N–H and O–H groups in total. The minimum atomic E-state index is -0.345. The number of thiazole rings is 1. The first-order valence-corrected chi connectivity index (χ1v) is 9.32. The third kappa shape index (κ3) is 4.12. The molecule has 130 valence electrons. The Labute approximate surface area is 160 Å². The summed E-state index contributed by atoms with van der Waals surface area (Å²) in [7, 11) is 1.90. The molecule has 0 radical (unpaired) electrons. The first kappa shape index (κ1) is 18.1. The lowest BCUT2D eigenvalue weighted by atomic mass is 10.2. The van der Waals surface area contributed by atoms with E-state index in [-0.39, 0.29) is 11.9 Å². The zero-order valence-electron chi connectivity index (χ0n) is 13.8. The summed E-state index contributed by atoms with van der Waals surface area (Å²) in [4.78, 5) is 19.1. The largest absolute Gasteiger partial charge is 0.323 e. The third-order valence-electron chi connectivity index (χ3n) is 3.97. The van der Waals surface area contributed by atoms with Crippen LogP contribution in [0.2, 0.25) is 10.0 Å². The van der Waals surface area contributed by atoms with E-state index in [2.05, 4.69) is 10.3 Å². The fourth-order valence-electron chi connectivity index (χ4n) is 2.38. The van der Waals surface area contributed by atoms with Crippen LogP contribution in [0.3, 0.4) is 0 Å². The van der Waals surface area contributed by atoms with E-state index in [0.29, 0.717) is 22.3 Å². The Morgan fingerprint density at radius 3 is 2.76 bits per heavy atom. The molecule has 4 nitrogen and oxygen atoms in total. The highest BCUT2D eigenvalue weighted by Gasteiger charge is 2.20. The van der Waals surface area contributed by atoms with Crippen LogP contribution in [-0.2, 0) is 11.3 Å². The monoisotopic (exact) mass is 393 g/mol. The second-order valence-corrected chi connectivity index (χ2v) is 7.66. The zero-order chi connectivity index (χ0) is 18.0. The molecule has 1 unspecified atom stereocenters. The Bertz CT molecular complexity index is 879. The number of likely N-dealkylation sites (N-methyl/N-ethyl adjacent to an activating group) is 1. The van der Waals surface area contributed by atoms with Gasteiger partial charge in [0.1, 0.15) is 5.01 Å². The normalized spacial score (nSPS) is 12.5. The summed E-state index contributed by atoms with van der Waals surface area (Å²) in [6, 6.07) is 12.8. The van der Waals surface area contributed by atoms with Crippen molar-refractivity contribution >= 4 is 56.3 Å². The van der Waals surface area contributed by atoms with Gasteiger partial charge < -0.3 is 5.32 Å². The maximum absolute atomic E-state index is 12.5. The van der Waals surface area contributed by atoms with Crippen molar-refractivity contribution in [2.45, 2.75) is 19.5 Å². The van der Waals surface area contributed by atoms with Crippen molar-refractivity contribution in [2.75, 3.05) is 12.4 Å². The predicted molar refractivity (Wildman–Crippen MR) is 106 cm³/mol. The van der Waals surface area contributed by atoms with Gasteiger partial charge in [-0.05, 0) is 38.2 Å². The molecule has 1 aromatic heterocycles. The molecule has 3 aromatic rings. The molecule has 0 bridgehead atoms.